The van der Waals surface area contributed by atoms with E-state index in [9.17, 15) is 14.5 Å². The monoisotopic (exact) mass is 176 g/mol. The van der Waals surface area contributed by atoms with Crippen molar-refractivity contribution < 1.29 is 9.59 Å². The third kappa shape index (κ3) is 0.868. The molecule has 64 valence electrons. The van der Waals surface area contributed by atoms with Gasteiger partial charge >= 0.3 is 5.91 Å². The number of nitrogens with zero attached hydrogens (tertiary/aromatic N) is 2. The average molecular weight is 176 g/mol. The number of hydrogen-bond donors (Lipinski definition) is 0. The number of anilines is 1. The molecule has 0 spiro atoms. The number of carbonyl (C=O) groups is 2. The fraction of sp³-hybridized carbons (Fsp3) is 0. The van der Waals surface area contributed by atoms with Gasteiger partial charge in [0, 0.05) is 0 Å². The van der Waals surface area contributed by atoms with Gasteiger partial charge in [0.05, 0.1) is 16.5 Å². The third-order valence-electron chi connectivity index (χ3n) is 1.85. The van der Waals surface area contributed by atoms with Gasteiger partial charge in [-0.2, -0.15) is 5.01 Å². The molecule has 1 aromatic rings. The Morgan fingerprint density at radius 2 is 1.85 bits per heavy atom. The van der Waals surface area contributed by atoms with Crippen LogP contribution >= 0.6 is 0 Å². The molecule has 5 nitrogen and oxygen atoms in total. The molecule has 1 aromatic carbocycles. The first-order chi connectivity index (χ1) is 6.25. The van der Waals surface area contributed by atoms with E-state index in [0.717, 1.165) is 0 Å². The fourth-order valence-corrected chi connectivity index (χ4v) is 1.25. The van der Waals surface area contributed by atoms with Crippen LogP contribution in [0.25, 0.3) is 0 Å². The van der Waals surface area contributed by atoms with Crippen LogP contribution in [0, 0.1) is 4.91 Å². The van der Waals surface area contributed by atoms with Crippen LogP contribution in [0.3, 0.4) is 0 Å². The number of nitroso groups, excluding NO2 is 1. The topological polar surface area (TPSA) is 66.8 Å². The van der Waals surface area contributed by atoms with Crippen LogP contribution in [0.5, 0.6) is 0 Å². The lowest BCUT2D eigenvalue weighted by molar-refractivity contribution is -0.114. The first-order valence-corrected chi connectivity index (χ1v) is 3.57. The molecule has 0 fully saturated rings. The summed E-state index contributed by atoms with van der Waals surface area (Å²) in [5.41, 5.74) is 0.486. The number of benzene rings is 1. The third-order valence-corrected chi connectivity index (χ3v) is 1.85. The molecule has 0 aliphatic carbocycles. The summed E-state index contributed by atoms with van der Waals surface area (Å²) >= 11 is 0. The predicted molar refractivity (Wildman–Crippen MR) is 44.1 cm³/mol. The molecule has 0 saturated heterocycles. The molecular formula is C8H4N2O3. The number of Topliss-reactive ketones (excluding diaryl/α,β-unsaturated/α-hetero) is 1. The first kappa shape index (κ1) is 7.60. The molecule has 1 heterocycles. The van der Waals surface area contributed by atoms with Crippen molar-refractivity contribution in [3.63, 3.8) is 0 Å². The highest BCUT2D eigenvalue weighted by atomic mass is 16.3. The summed E-state index contributed by atoms with van der Waals surface area (Å²) < 4.78 is 0. The maximum atomic E-state index is 11.2. The van der Waals surface area contributed by atoms with Crippen molar-refractivity contribution in [1.29, 1.82) is 0 Å². The molecule has 0 unspecified atom stereocenters. The standard InChI is InChI=1S/C8H4N2O3/c11-7-5-3-1-2-4-6(5)10(9-13)8(7)12/h1-4H. The van der Waals surface area contributed by atoms with Crippen LogP contribution in [0.15, 0.2) is 29.6 Å². The highest BCUT2D eigenvalue weighted by molar-refractivity contribution is 6.52. The number of ketones is 1. The zero-order valence-corrected chi connectivity index (χ0v) is 6.43. The van der Waals surface area contributed by atoms with Gasteiger partial charge < -0.3 is 0 Å². The maximum Gasteiger partial charge on any atom is 0.322 e. The van der Waals surface area contributed by atoms with E-state index in [2.05, 4.69) is 5.29 Å². The van der Waals surface area contributed by atoms with Gasteiger partial charge in [-0.15, -0.1) is 4.91 Å². The molecule has 0 N–H and O–H groups in total. The smallest absolute Gasteiger partial charge is 0.283 e. The van der Waals surface area contributed by atoms with Crippen molar-refractivity contribution in [3.8, 4) is 0 Å². The van der Waals surface area contributed by atoms with E-state index in [0.29, 0.717) is 5.01 Å². The Balaban J connectivity index is 2.66. The van der Waals surface area contributed by atoms with E-state index < -0.39 is 11.7 Å². The van der Waals surface area contributed by atoms with Crippen molar-refractivity contribution in [2.24, 2.45) is 5.29 Å². The minimum absolute atomic E-state index is 0.229. The average Bonchev–Trinajstić information content (AvgIpc) is 2.41. The van der Waals surface area contributed by atoms with Crippen molar-refractivity contribution in [2.75, 3.05) is 5.01 Å². The molecule has 1 aliphatic heterocycles. The minimum atomic E-state index is -0.892. The van der Waals surface area contributed by atoms with Crippen LogP contribution in [-0.4, -0.2) is 11.7 Å². The van der Waals surface area contributed by atoms with Crippen LogP contribution in [0.2, 0.25) is 0 Å². The van der Waals surface area contributed by atoms with Crippen molar-refractivity contribution in [1.82, 2.24) is 0 Å². The number of hydrogen-bond acceptors (Lipinski definition) is 4. The largest absolute Gasteiger partial charge is 0.322 e. The number of carbonyl (C=O) groups excluding carboxylic acids is 2. The van der Waals surface area contributed by atoms with Gasteiger partial charge in [0.1, 0.15) is 0 Å². The lowest BCUT2D eigenvalue weighted by Gasteiger charge is -2.02. The van der Waals surface area contributed by atoms with Gasteiger partial charge in [0.25, 0.3) is 5.78 Å². The maximum absolute atomic E-state index is 11.2. The van der Waals surface area contributed by atoms with Crippen molar-refractivity contribution in [2.45, 2.75) is 0 Å². The van der Waals surface area contributed by atoms with Gasteiger partial charge in [0.2, 0.25) is 0 Å². The Morgan fingerprint density at radius 1 is 1.15 bits per heavy atom. The van der Waals surface area contributed by atoms with Gasteiger partial charge in [-0.1, -0.05) is 12.1 Å². The summed E-state index contributed by atoms with van der Waals surface area (Å²) in [6, 6.07) is 6.24. The van der Waals surface area contributed by atoms with E-state index in [1.54, 1.807) is 12.1 Å². The van der Waals surface area contributed by atoms with Crippen LogP contribution < -0.4 is 5.01 Å². The summed E-state index contributed by atoms with van der Waals surface area (Å²) in [5.74, 6) is -1.58. The molecule has 5 heteroatoms. The lowest BCUT2D eigenvalue weighted by atomic mass is 10.1. The molecule has 2 rings (SSSR count). The van der Waals surface area contributed by atoms with Gasteiger partial charge in [0.15, 0.2) is 0 Å². The van der Waals surface area contributed by atoms with Crippen molar-refractivity contribution in [3.05, 3.63) is 34.7 Å². The highest BCUT2D eigenvalue weighted by Gasteiger charge is 2.36. The quantitative estimate of drug-likeness (QED) is 0.471. The summed E-state index contributed by atoms with van der Waals surface area (Å²) in [6.07, 6.45) is 0. The summed E-state index contributed by atoms with van der Waals surface area (Å²) in [4.78, 5) is 32.5. The molecule has 0 bridgehead atoms. The molecule has 0 radical (unpaired) electrons. The zero-order chi connectivity index (χ0) is 9.42. The number of para-hydroxylation sites is 1. The van der Waals surface area contributed by atoms with E-state index in [4.69, 9.17) is 0 Å². The van der Waals surface area contributed by atoms with Crippen LogP contribution in [-0.2, 0) is 4.79 Å². The van der Waals surface area contributed by atoms with E-state index in [1.807, 2.05) is 0 Å². The van der Waals surface area contributed by atoms with Crippen molar-refractivity contribution >= 4 is 17.4 Å². The normalized spacial score (nSPS) is 14.6. The van der Waals surface area contributed by atoms with E-state index >= 15 is 0 Å². The molecule has 0 atom stereocenters. The van der Waals surface area contributed by atoms with Crippen LogP contribution in [0.4, 0.5) is 5.69 Å². The Bertz CT molecular complexity index is 414. The molecule has 1 aliphatic rings. The number of amides is 1. The van der Waals surface area contributed by atoms with Gasteiger partial charge in [-0.25, -0.2) is 0 Å². The number of fused-ring (bicyclic) bond motifs is 1. The number of rotatable bonds is 1. The molecular weight excluding hydrogens is 172 g/mol. The fourth-order valence-electron chi connectivity index (χ4n) is 1.25. The second-order valence-corrected chi connectivity index (χ2v) is 2.54. The molecule has 0 saturated carbocycles. The van der Waals surface area contributed by atoms with Crippen LogP contribution in [0.1, 0.15) is 10.4 Å². The predicted octanol–water partition coefficient (Wildman–Crippen LogP) is 0.897. The highest BCUT2D eigenvalue weighted by Crippen LogP contribution is 2.28. The molecule has 0 aromatic heterocycles. The SMILES string of the molecule is O=NN1C(=O)C(=O)c2ccccc21. The van der Waals surface area contributed by atoms with Gasteiger partial charge in [-0.05, 0) is 12.1 Å². The second kappa shape index (κ2) is 2.48. The Morgan fingerprint density at radius 3 is 2.54 bits per heavy atom. The van der Waals surface area contributed by atoms with Gasteiger partial charge in [-0.3, -0.25) is 9.59 Å². The summed E-state index contributed by atoms with van der Waals surface area (Å²) in [7, 11) is 0. The van der Waals surface area contributed by atoms with E-state index in [-0.39, 0.29) is 11.3 Å². The summed E-state index contributed by atoms with van der Waals surface area (Å²) in [6.45, 7) is 0. The lowest BCUT2D eigenvalue weighted by Crippen LogP contribution is -2.23. The molecule has 13 heavy (non-hydrogen) atoms. The Kier molecular flexibility index (Phi) is 1.45. The minimum Gasteiger partial charge on any atom is -0.283 e. The molecule has 1 amide bonds. The zero-order valence-electron chi connectivity index (χ0n) is 6.43. The Labute approximate surface area is 72.9 Å². The van der Waals surface area contributed by atoms with E-state index in [1.165, 1.54) is 12.1 Å². The first-order valence-electron chi connectivity index (χ1n) is 3.57. The summed E-state index contributed by atoms with van der Waals surface area (Å²) in [5, 5.41) is 3.04. The Hall–Kier alpha value is -2.04. The second-order valence-electron chi connectivity index (χ2n) is 2.54.